The molecule has 0 spiro atoms. The Morgan fingerprint density at radius 2 is 2.21 bits per heavy atom. The number of halogens is 1. The fourth-order valence-electron chi connectivity index (χ4n) is 2.32. The number of hydrogen-bond donors (Lipinski definition) is 2. The van der Waals surface area contributed by atoms with Gasteiger partial charge in [0.25, 0.3) is 0 Å². The van der Waals surface area contributed by atoms with Crippen molar-refractivity contribution in [2.75, 3.05) is 31.6 Å². The maximum Gasteiger partial charge on any atom is 0.221 e. The summed E-state index contributed by atoms with van der Waals surface area (Å²) in [4.78, 5) is 13.7. The fraction of sp³-hybridized carbons (Fsp3) is 0.500. The van der Waals surface area contributed by atoms with Crippen LogP contribution in [0.1, 0.15) is 24.9 Å². The largest absolute Gasteiger partial charge is 0.369 e. The van der Waals surface area contributed by atoms with Gasteiger partial charge in [-0.3, -0.25) is 4.79 Å². The van der Waals surface area contributed by atoms with E-state index >= 15 is 0 Å². The molecule has 5 heteroatoms. The standard InChI is InChI=1S/C14H20BrN3O/c1-10(16-2)12-9-11(15)3-4-13(12)18-7-5-14(19)17-6-8-18/h3-4,9-10,16H,5-8H2,1-2H3,(H,17,19). The van der Waals surface area contributed by atoms with Gasteiger partial charge in [0.05, 0.1) is 0 Å². The molecule has 1 saturated heterocycles. The van der Waals surface area contributed by atoms with E-state index < -0.39 is 0 Å². The maximum atomic E-state index is 11.4. The highest BCUT2D eigenvalue weighted by Crippen LogP contribution is 2.29. The summed E-state index contributed by atoms with van der Waals surface area (Å²) in [7, 11) is 1.96. The van der Waals surface area contributed by atoms with Crippen LogP contribution in [-0.4, -0.2) is 32.6 Å². The smallest absolute Gasteiger partial charge is 0.221 e. The van der Waals surface area contributed by atoms with E-state index in [-0.39, 0.29) is 11.9 Å². The normalized spacial score (nSPS) is 17.8. The molecule has 1 atom stereocenters. The monoisotopic (exact) mass is 325 g/mol. The number of amides is 1. The predicted molar refractivity (Wildman–Crippen MR) is 81.5 cm³/mol. The summed E-state index contributed by atoms with van der Waals surface area (Å²) >= 11 is 3.53. The van der Waals surface area contributed by atoms with E-state index in [1.807, 2.05) is 7.05 Å². The first kappa shape index (κ1) is 14.3. The Balaban J connectivity index is 2.29. The van der Waals surface area contributed by atoms with E-state index in [2.05, 4.69) is 56.6 Å². The molecule has 1 aromatic rings. The lowest BCUT2D eigenvalue weighted by Gasteiger charge is -2.27. The molecule has 1 fully saturated rings. The summed E-state index contributed by atoms with van der Waals surface area (Å²) in [6.07, 6.45) is 0.559. The summed E-state index contributed by atoms with van der Waals surface area (Å²) in [5, 5.41) is 6.20. The van der Waals surface area contributed by atoms with Crippen molar-refractivity contribution >= 4 is 27.5 Å². The van der Waals surface area contributed by atoms with Crippen LogP contribution in [0.3, 0.4) is 0 Å². The Bertz CT molecular complexity index is 464. The van der Waals surface area contributed by atoms with Crippen molar-refractivity contribution in [1.82, 2.24) is 10.6 Å². The molecule has 2 rings (SSSR count). The average molecular weight is 326 g/mol. The van der Waals surface area contributed by atoms with Gasteiger partial charge >= 0.3 is 0 Å². The molecular weight excluding hydrogens is 306 g/mol. The van der Waals surface area contributed by atoms with Gasteiger partial charge in [-0.05, 0) is 37.7 Å². The lowest BCUT2D eigenvalue weighted by atomic mass is 10.0. The number of hydrogen-bond acceptors (Lipinski definition) is 3. The zero-order valence-electron chi connectivity index (χ0n) is 11.4. The van der Waals surface area contributed by atoms with Crippen LogP contribution in [0.5, 0.6) is 0 Å². The van der Waals surface area contributed by atoms with E-state index in [9.17, 15) is 4.79 Å². The van der Waals surface area contributed by atoms with Gasteiger partial charge < -0.3 is 15.5 Å². The minimum atomic E-state index is 0.142. The molecule has 2 N–H and O–H groups in total. The zero-order chi connectivity index (χ0) is 13.8. The summed E-state index contributed by atoms with van der Waals surface area (Å²) in [6.45, 7) is 4.49. The number of anilines is 1. The Morgan fingerprint density at radius 3 is 2.95 bits per heavy atom. The Kier molecular flexibility index (Phi) is 4.82. The van der Waals surface area contributed by atoms with Crippen LogP contribution >= 0.6 is 15.9 Å². The number of nitrogens with zero attached hydrogens (tertiary/aromatic N) is 1. The minimum absolute atomic E-state index is 0.142. The van der Waals surface area contributed by atoms with Gasteiger partial charge in [-0.15, -0.1) is 0 Å². The molecule has 104 valence electrons. The molecule has 0 aromatic heterocycles. The highest BCUT2D eigenvalue weighted by Gasteiger charge is 2.18. The molecule has 19 heavy (non-hydrogen) atoms. The summed E-state index contributed by atoms with van der Waals surface area (Å²) in [6, 6.07) is 6.61. The molecule has 1 aromatic carbocycles. The topological polar surface area (TPSA) is 44.4 Å². The third-order valence-electron chi connectivity index (χ3n) is 3.54. The molecule has 0 saturated carbocycles. The van der Waals surface area contributed by atoms with Crippen LogP contribution in [0, 0.1) is 0 Å². The van der Waals surface area contributed by atoms with E-state index in [0.29, 0.717) is 13.0 Å². The van der Waals surface area contributed by atoms with Crippen molar-refractivity contribution in [2.24, 2.45) is 0 Å². The summed E-state index contributed by atoms with van der Waals surface area (Å²) < 4.78 is 1.08. The maximum absolute atomic E-state index is 11.4. The molecule has 1 amide bonds. The van der Waals surface area contributed by atoms with Crippen molar-refractivity contribution < 1.29 is 4.79 Å². The number of carbonyl (C=O) groups excluding carboxylic acids is 1. The quantitative estimate of drug-likeness (QED) is 0.894. The molecule has 1 unspecified atom stereocenters. The predicted octanol–water partition coefficient (Wildman–Crippen LogP) is 2.06. The molecule has 1 heterocycles. The van der Waals surface area contributed by atoms with E-state index in [1.165, 1.54) is 11.3 Å². The second-order valence-corrected chi connectivity index (χ2v) is 5.72. The second-order valence-electron chi connectivity index (χ2n) is 4.80. The van der Waals surface area contributed by atoms with E-state index in [4.69, 9.17) is 0 Å². The van der Waals surface area contributed by atoms with Gasteiger partial charge in [-0.25, -0.2) is 0 Å². The highest BCUT2D eigenvalue weighted by molar-refractivity contribution is 9.10. The van der Waals surface area contributed by atoms with Crippen LogP contribution in [0.25, 0.3) is 0 Å². The van der Waals surface area contributed by atoms with Crippen LogP contribution in [0.15, 0.2) is 22.7 Å². The van der Waals surface area contributed by atoms with Gasteiger partial charge in [-0.2, -0.15) is 0 Å². The van der Waals surface area contributed by atoms with E-state index in [0.717, 1.165) is 17.6 Å². The van der Waals surface area contributed by atoms with Crippen LogP contribution < -0.4 is 15.5 Å². The van der Waals surface area contributed by atoms with Crippen LogP contribution in [0.2, 0.25) is 0 Å². The first-order chi connectivity index (χ1) is 9.11. The average Bonchev–Trinajstić information content (AvgIpc) is 2.62. The molecular formula is C14H20BrN3O. The third kappa shape index (κ3) is 3.48. The molecule has 0 aliphatic carbocycles. The van der Waals surface area contributed by atoms with Crippen molar-refractivity contribution in [3.05, 3.63) is 28.2 Å². The van der Waals surface area contributed by atoms with Crippen molar-refractivity contribution in [1.29, 1.82) is 0 Å². The Labute approximate surface area is 122 Å². The van der Waals surface area contributed by atoms with Crippen LogP contribution in [0.4, 0.5) is 5.69 Å². The highest BCUT2D eigenvalue weighted by atomic mass is 79.9. The SMILES string of the molecule is CNC(C)c1cc(Br)ccc1N1CCNC(=O)CC1. The number of benzene rings is 1. The van der Waals surface area contributed by atoms with Crippen molar-refractivity contribution in [3.63, 3.8) is 0 Å². The molecule has 1 aliphatic heterocycles. The summed E-state index contributed by atoms with van der Waals surface area (Å²) in [5.74, 6) is 0.142. The third-order valence-corrected chi connectivity index (χ3v) is 4.04. The van der Waals surface area contributed by atoms with Gasteiger partial charge in [-0.1, -0.05) is 15.9 Å². The molecule has 0 radical (unpaired) electrons. The lowest BCUT2D eigenvalue weighted by molar-refractivity contribution is -0.120. The van der Waals surface area contributed by atoms with E-state index in [1.54, 1.807) is 0 Å². The second kappa shape index (κ2) is 6.39. The minimum Gasteiger partial charge on any atom is -0.369 e. The first-order valence-corrected chi connectivity index (χ1v) is 7.39. The fourth-order valence-corrected chi connectivity index (χ4v) is 2.70. The van der Waals surface area contributed by atoms with Crippen molar-refractivity contribution in [2.45, 2.75) is 19.4 Å². The van der Waals surface area contributed by atoms with Crippen LogP contribution in [-0.2, 0) is 4.79 Å². The molecule has 1 aliphatic rings. The molecule has 4 nitrogen and oxygen atoms in total. The number of rotatable bonds is 3. The van der Waals surface area contributed by atoms with Gasteiger partial charge in [0.15, 0.2) is 0 Å². The van der Waals surface area contributed by atoms with Crippen molar-refractivity contribution in [3.8, 4) is 0 Å². The summed E-state index contributed by atoms with van der Waals surface area (Å²) in [5.41, 5.74) is 2.47. The van der Waals surface area contributed by atoms with Gasteiger partial charge in [0.2, 0.25) is 5.91 Å². The number of nitrogens with one attached hydrogen (secondary N) is 2. The van der Waals surface area contributed by atoms with Gasteiger partial charge in [0, 0.05) is 42.3 Å². The number of carbonyl (C=O) groups is 1. The van der Waals surface area contributed by atoms with Gasteiger partial charge in [0.1, 0.15) is 0 Å². The Morgan fingerprint density at radius 1 is 1.42 bits per heavy atom. The molecule has 0 bridgehead atoms. The Hall–Kier alpha value is -1.07. The zero-order valence-corrected chi connectivity index (χ0v) is 13.0. The lowest BCUT2D eigenvalue weighted by Crippen LogP contribution is -2.30. The first-order valence-electron chi connectivity index (χ1n) is 6.60.